The van der Waals surface area contributed by atoms with E-state index in [-0.39, 0.29) is 11.9 Å². The van der Waals surface area contributed by atoms with Gasteiger partial charge in [0.15, 0.2) is 5.65 Å². The average Bonchev–Trinajstić information content (AvgIpc) is 3.25. The number of hydrogen-bond donors (Lipinski definition) is 3. The van der Waals surface area contributed by atoms with Crippen LogP contribution in [0.5, 0.6) is 5.75 Å². The number of carbonyl (C=O) groups excluding carboxylic acids is 1. The number of carboxylic acids is 1. The van der Waals surface area contributed by atoms with E-state index in [1.807, 2.05) is 47.9 Å². The number of carbonyl (C=O) groups is 2. The Kier molecular flexibility index (Phi) is 7.94. The minimum absolute atomic E-state index is 0.0285. The Morgan fingerprint density at radius 1 is 1.24 bits per heavy atom. The van der Waals surface area contributed by atoms with E-state index in [2.05, 4.69) is 10.6 Å². The molecule has 0 bridgehead atoms. The maximum absolute atomic E-state index is 13.5. The number of imidazole rings is 1. The van der Waals surface area contributed by atoms with Crippen molar-refractivity contribution in [2.75, 3.05) is 55.6 Å². The normalized spacial score (nSPS) is 17.9. The highest BCUT2D eigenvalue weighted by molar-refractivity contribution is 7.98. The summed E-state index contributed by atoms with van der Waals surface area (Å²) in [6, 6.07) is 8.98. The van der Waals surface area contributed by atoms with Crippen molar-refractivity contribution in [2.45, 2.75) is 31.8 Å². The van der Waals surface area contributed by atoms with E-state index in [4.69, 9.17) is 14.5 Å². The zero-order valence-electron chi connectivity index (χ0n) is 21.6. The molecular formula is C27H33N5O5S. The van der Waals surface area contributed by atoms with Gasteiger partial charge in [0.25, 0.3) is 5.91 Å². The molecule has 10 nitrogen and oxygen atoms in total. The molecule has 3 aromatic rings. The molecule has 2 aromatic heterocycles. The summed E-state index contributed by atoms with van der Waals surface area (Å²) >= 11 is 1.60. The Labute approximate surface area is 225 Å². The zero-order chi connectivity index (χ0) is 26.6. The first-order valence-corrected chi connectivity index (χ1v) is 14.2. The molecule has 0 radical (unpaired) electrons. The number of aliphatic carboxylic acids is 1. The number of anilines is 2. The summed E-state index contributed by atoms with van der Waals surface area (Å²) in [5.41, 5.74) is 3.54. The third-order valence-electron chi connectivity index (χ3n) is 6.95. The Bertz CT molecular complexity index is 1320. The number of benzene rings is 1. The SMILES string of the molecule is CSCC[C@H](Nc1c(C)nc2c(NC3CCOc4ccccc43)cc(C(=O)N3CCOCC3)cn12)C(=O)O. The van der Waals surface area contributed by atoms with Crippen LogP contribution in [0, 0.1) is 6.92 Å². The summed E-state index contributed by atoms with van der Waals surface area (Å²) in [7, 11) is 0. The summed E-state index contributed by atoms with van der Waals surface area (Å²) in [6.45, 7) is 4.48. The predicted octanol–water partition coefficient (Wildman–Crippen LogP) is 3.67. The lowest BCUT2D eigenvalue weighted by molar-refractivity contribution is -0.137. The van der Waals surface area contributed by atoms with Gasteiger partial charge in [-0.1, -0.05) is 18.2 Å². The number of nitrogens with zero attached hydrogens (tertiary/aromatic N) is 3. The van der Waals surface area contributed by atoms with E-state index in [9.17, 15) is 14.7 Å². The first kappa shape index (κ1) is 26.2. The number of ether oxygens (including phenoxy) is 2. The monoisotopic (exact) mass is 539 g/mol. The number of pyridine rings is 1. The Balaban J connectivity index is 1.57. The molecule has 1 unspecified atom stereocenters. The van der Waals surface area contributed by atoms with Gasteiger partial charge in [-0.05, 0) is 37.5 Å². The number of fused-ring (bicyclic) bond motifs is 2. The van der Waals surface area contributed by atoms with Gasteiger partial charge in [-0.3, -0.25) is 9.20 Å². The van der Waals surface area contributed by atoms with Crippen LogP contribution in [0.1, 0.15) is 40.5 Å². The number of thioether (sulfide) groups is 1. The fourth-order valence-electron chi connectivity index (χ4n) is 4.94. The van der Waals surface area contributed by atoms with Gasteiger partial charge in [0.1, 0.15) is 17.6 Å². The average molecular weight is 540 g/mol. The molecule has 1 fully saturated rings. The first-order chi connectivity index (χ1) is 18.5. The summed E-state index contributed by atoms with van der Waals surface area (Å²) < 4.78 is 13.1. The molecule has 38 heavy (non-hydrogen) atoms. The van der Waals surface area contributed by atoms with Gasteiger partial charge >= 0.3 is 5.97 Å². The van der Waals surface area contributed by atoms with Gasteiger partial charge in [0.2, 0.25) is 0 Å². The molecule has 1 saturated heterocycles. The van der Waals surface area contributed by atoms with E-state index in [0.717, 1.165) is 17.7 Å². The van der Waals surface area contributed by atoms with E-state index >= 15 is 0 Å². The highest BCUT2D eigenvalue weighted by Gasteiger charge is 2.27. The third-order valence-corrected chi connectivity index (χ3v) is 7.59. The quantitative estimate of drug-likeness (QED) is 0.374. The number of carboxylic acid groups (broad SMARTS) is 1. The van der Waals surface area contributed by atoms with Crippen LogP contribution < -0.4 is 15.4 Å². The lowest BCUT2D eigenvalue weighted by atomic mass is 10.0. The van der Waals surface area contributed by atoms with E-state index in [1.165, 1.54) is 0 Å². The number of aryl methyl sites for hydroxylation is 1. The fourth-order valence-corrected chi connectivity index (χ4v) is 5.41. The standard InChI is InChI=1S/C27H33N5O5S/c1-17-24(30-21(27(34)35)8-14-38-2)32-16-18(26(33)31-9-12-36-13-10-31)15-22(25(32)28-17)29-20-7-11-37-23-6-4-3-5-19(20)23/h3-6,15-16,20-21,29-30H,7-14H2,1-2H3,(H,34,35)/t20?,21-/m0/s1. The molecule has 0 spiro atoms. The van der Waals surface area contributed by atoms with Gasteiger partial charge in [-0.2, -0.15) is 11.8 Å². The molecule has 1 aromatic carbocycles. The Morgan fingerprint density at radius 2 is 2.03 bits per heavy atom. The molecule has 4 heterocycles. The van der Waals surface area contributed by atoms with Crippen LogP contribution in [-0.4, -0.2) is 82.2 Å². The Morgan fingerprint density at radius 3 is 2.79 bits per heavy atom. The van der Waals surface area contributed by atoms with Crippen molar-refractivity contribution < 1.29 is 24.2 Å². The Hall–Kier alpha value is -3.44. The van der Waals surface area contributed by atoms with Crippen molar-refractivity contribution in [3.63, 3.8) is 0 Å². The van der Waals surface area contributed by atoms with Crippen LogP contribution in [0.3, 0.4) is 0 Å². The second-order valence-corrected chi connectivity index (χ2v) is 10.5. The minimum atomic E-state index is -0.925. The minimum Gasteiger partial charge on any atom is -0.493 e. The number of morpholine rings is 1. The molecule has 1 amide bonds. The van der Waals surface area contributed by atoms with Crippen LogP contribution in [0.25, 0.3) is 5.65 Å². The van der Waals surface area contributed by atoms with Crippen molar-refractivity contribution in [2.24, 2.45) is 0 Å². The molecule has 202 valence electrons. The number of para-hydroxylation sites is 1. The summed E-state index contributed by atoms with van der Waals surface area (Å²) in [5, 5.41) is 16.7. The molecule has 3 N–H and O–H groups in total. The maximum atomic E-state index is 13.5. The lowest BCUT2D eigenvalue weighted by Crippen LogP contribution is -2.40. The molecule has 0 saturated carbocycles. The summed E-state index contributed by atoms with van der Waals surface area (Å²) in [4.78, 5) is 32.1. The smallest absolute Gasteiger partial charge is 0.326 e. The van der Waals surface area contributed by atoms with Gasteiger partial charge < -0.3 is 30.1 Å². The molecule has 2 aliphatic rings. The van der Waals surface area contributed by atoms with Gasteiger partial charge in [0, 0.05) is 31.3 Å². The number of aromatic nitrogens is 2. The van der Waals surface area contributed by atoms with Crippen molar-refractivity contribution in [1.82, 2.24) is 14.3 Å². The molecule has 2 aliphatic heterocycles. The molecule has 0 aliphatic carbocycles. The fraction of sp³-hybridized carbons (Fsp3) is 0.444. The topological polar surface area (TPSA) is 117 Å². The van der Waals surface area contributed by atoms with Crippen LogP contribution in [0.15, 0.2) is 36.5 Å². The largest absolute Gasteiger partial charge is 0.493 e. The van der Waals surface area contributed by atoms with Crippen molar-refractivity contribution in [3.8, 4) is 5.75 Å². The highest BCUT2D eigenvalue weighted by Crippen LogP contribution is 2.36. The van der Waals surface area contributed by atoms with Gasteiger partial charge in [0.05, 0.1) is 42.8 Å². The van der Waals surface area contributed by atoms with Crippen molar-refractivity contribution in [1.29, 1.82) is 0 Å². The molecule has 2 atom stereocenters. The number of rotatable bonds is 9. The molecule has 5 rings (SSSR count). The second kappa shape index (κ2) is 11.5. The van der Waals surface area contributed by atoms with Crippen LogP contribution >= 0.6 is 11.8 Å². The number of amides is 1. The van der Waals surface area contributed by atoms with Crippen LogP contribution in [-0.2, 0) is 9.53 Å². The van der Waals surface area contributed by atoms with Crippen LogP contribution in [0.4, 0.5) is 11.5 Å². The van der Waals surface area contributed by atoms with Crippen molar-refractivity contribution >= 4 is 40.8 Å². The number of nitrogens with one attached hydrogen (secondary N) is 2. The summed E-state index contributed by atoms with van der Waals surface area (Å²) in [6.07, 6.45) is 4.92. The first-order valence-electron chi connectivity index (χ1n) is 12.8. The van der Waals surface area contributed by atoms with Gasteiger partial charge in [-0.15, -0.1) is 0 Å². The summed E-state index contributed by atoms with van der Waals surface area (Å²) in [5.74, 6) is 1.09. The number of hydrogen-bond acceptors (Lipinski definition) is 8. The van der Waals surface area contributed by atoms with Crippen LogP contribution in [0.2, 0.25) is 0 Å². The maximum Gasteiger partial charge on any atom is 0.326 e. The van der Waals surface area contributed by atoms with Gasteiger partial charge in [-0.25, -0.2) is 9.78 Å². The zero-order valence-corrected chi connectivity index (χ0v) is 22.4. The lowest BCUT2D eigenvalue weighted by Gasteiger charge is -2.29. The molecular weight excluding hydrogens is 506 g/mol. The predicted molar refractivity (Wildman–Crippen MR) is 148 cm³/mol. The third kappa shape index (κ3) is 5.39. The van der Waals surface area contributed by atoms with Crippen molar-refractivity contribution in [3.05, 3.63) is 53.3 Å². The second-order valence-electron chi connectivity index (χ2n) is 9.47. The highest BCUT2D eigenvalue weighted by atomic mass is 32.2. The van der Waals surface area contributed by atoms with E-state index in [0.29, 0.717) is 73.5 Å². The molecule has 11 heteroatoms. The van der Waals surface area contributed by atoms with E-state index < -0.39 is 12.0 Å². The van der Waals surface area contributed by atoms with E-state index in [1.54, 1.807) is 22.9 Å².